The summed E-state index contributed by atoms with van der Waals surface area (Å²) in [5, 5.41) is 20.2. The molecule has 3 heterocycles. The first-order valence-electron chi connectivity index (χ1n) is 14.3. The number of carbonyl (C=O) groups excluding carboxylic acids is 2. The van der Waals surface area contributed by atoms with Gasteiger partial charge in [0.1, 0.15) is 17.3 Å². The Morgan fingerprint density at radius 3 is 2.57 bits per heavy atom. The number of hydrogen-bond acceptors (Lipinski definition) is 9. The number of methoxy groups -OCH3 is 2. The zero-order valence-corrected chi connectivity index (χ0v) is 26.6. The summed E-state index contributed by atoms with van der Waals surface area (Å²) in [6.45, 7) is -0.00492. The van der Waals surface area contributed by atoms with Gasteiger partial charge in [-0.1, -0.05) is 48.2 Å². The summed E-state index contributed by atoms with van der Waals surface area (Å²) in [5.74, 6) is 0.540. The maximum absolute atomic E-state index is 13.8. The van der Waals surface area contributed by atoms with Gasteiger partial charge in [-0.05, 0) is 59.5 Å². The molecule has 234 valence electrons. The predicted molar refractivity (Wildman–Crippen MR) is 174 cm³/mol. The van der Waals surface area contributed by atoms with E-state index in [1.54, 1.807) is 41.2 Å². The van der Waals surface area contributed by atoms with Crippen LogP contribution in [0.4, 0.5) is 4.39 Å². The number of thioether (sulfide) groups is 1. The van der Waals surface area contributed by atoms with E-state index in [9.17, 15) is 14.0 Å². The molecule has 46 heavy (non-hydrogen) atoms. The van der Waals surface area contributed by atoms with Crippen molar-refractivity contribution >= 4 is 40.6 Å². The van der Waals surface area contributed by atoms with E-state index in [0.29, 0.717) is 28.8 Å². The number of carbonyl (C=O) groups is 2. The number of halogens is 1. The van der Waals surface area contributed by atoms with Gasteiger partial charge in [-0.25, -0.2) is 9.40 Å². The molecule has 0 saturated heterocycles. The topological polar surface area (TPSA) is 111 Å². The van der Waals surface area contributed by atoms with E-state index in [1.807, 2.05) is 60.0 Å². The normalized spacial score (nSPS) is 14.2. The van der Waals surface area contributed by atoms with Crippen molar-refractivity contribution in [3.8, 4) is 17.2 Å². The van der Waals surface area contributed by atoms with E-state index < -0.39 is 11.7 Å². The summed E-state index contributed by atoms with van der Waals surface area (Å²) in [7, 11) is 3.17. The summed E-state index contributed by atoms with van der Waals surface area (Å²) in [6, 6.07) is 24.1. The zero-order chi connectivity index (χ0) is 32.0. The first kappa shape index (κ1) is 31.0. The number of aromatic nitrogens is 3. The maximum atomic E-state index is 13.8. The molecule has 2 aromatic heterocycles. The number of benzene rings is 3. The average Bonchev–Trinajstić information content (AvgIpc) is 3.86. The highest BCUT2D eigenvalue weighted by Crippen LogP contribution is 2.36. The Morgan fingerprint density at radius 1 is 1.00 bits per heavy atom. The van der Waals surface area contributed by atoms with Crippen LogP contribution in [0.2, 0.25) is 0 Å². The van der Waals surface area contributed by atoms with E-state index in [-0.39, 0.29) is 29.8 Å². The van der Waals surface area contributed by atoms with Crippen LogP contribution in [0.15, 0.2) is 101 Å². The van der Waals surface area contributed by atoms with Crippen molar-refractivity contribution in [2.45, 2.75) is 24.2 Å². The molecule has 6 rings (SSSR count). The molecule has 1 aliphatic rings. The molecule has 0 bridgehead atoms. The lowest BCUT2D eigenvalue weighted by molar-refractivity contribution is -0.130. The van der Waals surface area contributed by atoms with Gasteiger partial charge >= 0.3 is 0 Å². The largest absolute Gasteiger partial charge is 0.497 e. The standard InChI is InChI=1S/C33H29FN6O4S2/c1-43-24-14-12-21(13-15-24)27-18-25(29-11-6-16-45-29)38-40(27)31(41)20-46-33-37-36-30(39(33)26-9-3-4-10-28(26)44-2)19-35-32(42)22-7-5-8-23(34)17-22/h3-17,27H,18-20H2,1-2H3,(H,35,42)/t27-/m0/s1. The molecule has 2 amide bonds. The number of rotatable bonds is 11. The molecule has 0 aliphatic carbocycles. The fourth-order valence-corrected chi connectivity index (χ4v) is 6.60. The van der Waals surface area contributed by atoms with Crippen LogP contribution in [0.25, 0.3) is 5.69 Å². The van der Waals surface area contributed by atoms with Crippen LogP contribution >= 0.6 is 23.1 Å². The highest BCUT2D eigenvalue weighted by atomic mass is 32.2. The van der Waals surface area contributed by atoms with Crippen LogP contribution in [0.5, 0.6) is 11.5 Å². The van der Waals surface area contributed by atoms with Crippen LogP contribution in [0, 0.1) is 5.82 Å². The lowest BCUT2D eigenvalue weighted by Crippen LogP contribution is -2.28. The number of hydrazone groups is 1. The molecule has 13 heteroatoms. The quantitative estimate of drug-likeness (QED) is 0.177. The number of thiophene rings is 1. The molecule has 5 aromatic rings. The smallest absolute Gasteiger partial charge is 0.253 e. The second-order valence-corrected chi connectivity index (χ2v) is 12.0. The van der Waals surface area contributed by atoms with Crippen molar-refractivity contribution in [3.05, 3.63) is 118 Å². The summed E-state index contributed by atoms with van der Waals surface area (Å²) in [6.07, 6.45) is 0.579. The minimum absolute atomic E-state index is 0.00492. The Bertz CT molecular complexity index is 1880. The van der Waals surface area contributed by atoms with Gasteiger partial charge in [-0.3, -0.25) is 14.2 Å². The fraction of sp³-hybridized carbons (Fsp3) is 0.182. The molecule has 0 unspecified atom stereocenters. The van der Waals surface area contributed by atoms with Crippen molar-refractivity contribution in [2.75, 3.05) is 20.0 Å². The first-order valence-corrected chi connectivity index (χ1v) is 16.1. The monoisotopic (exact) mass is 656 g/mol. The van der Waals surface area contributed by atoms with E-state index in [4.69, 9.17) is 14.6 Å². The number of amides is 2. The number of nitrogens with zero attached hydrogens (tertiary/aromatic N) is 5. The van der Waals surface area contributed by atoms with Crippen molar-refractivity contribution < 1.29 is 23.5 Å². The van der Waals surface area contributed by atoms with Crippen molar-refractivity contribution in [2.24, 2.45) is 5.10 Å². The third kappa shape index (κ3) is 6.65. The van der Waals surface area contributed by atoms with Crippen molar-refractivity contribution in [1.29, 1.82) is 0 Å². The maximum Gasteiger partial charge on any atom is 0.253 e. The summed E-state index contributed by atoms with van der Waals surface area (Å²) in [4.78, 5) is 27.6. The van der Waals surface area contributed by atoms with Crippen LogP contribution in [0.1, 0.15) is 39.1 Å². The van der Waals surface area contributed by atoms with Gasteiger partial charge in [-0.2, -0.15) is 5.10 Å². The second-order valence-electron chi connectivity index (χ2n) is 10.1. The zero-order valence-electron chi connectivity index (χ0n) is 24.9. The minimum atomic E-state index is -0.507. The Labute approximate surface area is 272 Å². The Morgan fingerprint density at radius 2 is 1.83 bits per heavy atom. The Kier molecular flexibility index (Phi) is 9.41. The van der Waals surface area contributed by atoms with Gasteiger partial charge in [0.05, 0.1) is 48.8 Å². The Balaban J connectivity index is 1.25. The molecule has 0 radical (unpaired) electrons. The van der Waals surface area contributed by atoms with E-state index in [0.717, 1.165) is 28.0 Å². The van der Waals surface area contributed by atoms with E-state index >= 15 is 0 Å². The third-order valence-electron chi connectivity index (χ3n) is 7.32. The molecular formula is C33H29FN6O4S2. The molecule has 1 aliphatic heterocycles. The molecular weight excluding hydrogens is 628 g/mol. The van der Waals surface area contributed by atoms with E-state index in [2.05, 4.69) is 15.5 Å². The lowest BCUT2D eigenvalue weighted by Gasteiger charge is -2.22. The molecule has 3 aromatic carbocycles. The van der Waals surface area contributed by atoms with Gasteiger partial charge in [0.15, 0.2) is 11.0 Å². The van der Waals surface area contributed by atoms with Gasteiger partial charge in [0.2, 0.25) is 0 Å². The third-order valence-corrected chi connectivity index (χ3v) is 9.15. The van der Waals surface area contributed by atoms with Gasteiger partial charge in [0.25, 0.3) is 11.8 Å². The predicted octanol–water partition coefficient (Wildman–Crippen LogP) is 5.89. The number of nitrogens with one attached hydrogen (secondary N) is 1. The minimum Gasteiger partial charge on any atom is -0.497 e. The number of para-hydroxylation sites is 2. The SMILES string of the molecule is COc1ccc([C@@H]2CC(c3cccs3)=NN2C(=O)CSc2nnc(CNC(=O)c3cccc(F)c3)n2-c2ccccc2OC)cc1. The van der Waals surface area contributed by atoms with Crippen LogP contribution in [0.3, 0.4) is 0 Å². The first-order chi connectivity index (χ1) is 22.4. The Hall–Kier alpha value is -5.01. The van der Waals surface area contributed by atoms with Crippen LogP contribution in [-0.4, -0.2) is 57.3 Å². The average molecular weight is 657 g/mol. The lowest BCUT2D eigenvalue weighted by atomic mass is 10.0. The highest BCUT2D eigenvalue weighted by molar-refractivity contribution is 7.99. The van der Waals surface area contributed by atoms with E-state index in [1.165, 1.54) is 30.0 Å². The molecule has 10 nitrogen and oxygen atoms in total. The number of hydrogen-bond donors (Lipinski definition) is 1. The molecule has 0 saturated carbocycles. The second kappa shape index (κ2) is 14.0. The van der Waals surface area contributed by atoms with Gasteiger partial charge in [0, 0.05) is 12.0 Å². The molecule has 1 atom stereocenters. The van der Waals surface area contributed by atoms with Crippen LogP contribution < -0.4 is 14.8 Å². The van der Waals surface area contributed by atoms with Gasteiger partial charge in [-0.15, -0.1) is 21.5 Å². The summed E-state index contributed by atoms with van der Waals surface area (Å²) >= 11 is 2.79. The van der Waals surface area contributed by atoms with Crippen molar-refractivity contribution in [1.82, 2.24) is 25.1 Å². The molecule has 0 fully saturated rings. The summed E-state index contributed by atoms with van der Waals surface area (Å²) in [5.41, 5.74) is 2.61. The van der Waals surface area contributed by atoms with Crippen molar-refractivity contribution in [3.63, 3.8) is 0 Å². The van der Waals surface area contributed by atoms with Crippen LogP contribution in [-0.2, 0) is 11.3 Å². The van der Waals surface area contributed by atoms with Gasteiger partial charge < -0.3 is 14.8 Å². The molecule has 1 N–H and O–H groups in total. The highest BCUT2D eigenvalue weighted by Gasteiger charge is 2.34. The summed E-state index contributed by atoms with van der Waals surface area (Å²) < 4.78 is 26.4. The number of ether oxygens (including phenoxy) is 2. The fourth-order valence-electron chi connectivity index (χ4n) is 5.07. The molecule has 0 spiro atoms.